The second-order valence-corrected chi connectivity index (χ2v) is 5.01. The summed E-state index contributed by atoms with van der Waals surface area (Å²) in [5, 5.41) is 14.0. The molecule has 0 radical (unpaired) electrons. The zero-order chi connectivity index (χ0) is 12.5. The minimum Gasteiger partial charge on any atom is -0.389 e. The Morgan fingerprint density at radius 1 is 1.29 bits per heavy atom. The van der Waals surface area contributed by atoms with Gasteiger partial charge < -0.3 is 10.4 Å². The molecule has 2 rings (SSSR count). The highest BCUT2D eigenvalue weighted by Crippen LogP contribution is 2.19. The number of nitrogens with one attached hydrogen (secondary N) is 1. The molecule has 1 heterocycles. The molecule has 2 N–H and O–H groups in total. The summed E-state index contributed by atoms with van der Waals surface area (Å²) in [5.41, 5.74) is 1.32. The molecule has 0 bridgehead atoms. The van der Waals surface area contributed by atoms with Gasteiger partial charge in [0.05, 0.1) is 11.1 Å². The molecule has 0 fully saturated rings. The maximum atomic E-state index is 9.69. The second-order valence-electron chi connectivity index (χ2n) is 5.01. The van der Waals surface area contributed by atoms with Gasteiger partial charge in [-0.1, -0.05) is 18.2 Å². The molecule has 3 nitrogen and oxygen atoms in total. The fraction of sp³-hybridized carbons (Fsp3) is 0.357. The van der Waals surface area contributed by atoms with Crippen molar-refractivity contribution in [2.75, 3.05) is 11.9 Å². The van der Waals surface area contributed by atoms with Gasteiger partial charge >= 0.3 is 0 Å². The normalized spacial score (nSPS) is 11.8. The average Bonchev–Trinajstić information content (AvgIpc) is 2.25. The van der Waals surface area contributed by atoms with E-state index in [1.54, 1.807) is 13.8 Å². The highest BCUT2D eigenvalue weighted by atomic mass is 16.3. The van der Waals surface area contributed by atoms with E-state index < -0.39 is 5.60 Å². The minimum atomic E-state index is -0.736. The Morgan fingerprint density at radius 2 is 2.00 bits per heavy atom. The first-order valence-corrected chi connectivity index (χ1v) is 5.78. The number of para-hydroxylation sites is 1. The smallest absolute Gasteiger partial charge is 0.129 e. The summed E-state index contributed by atoms with van der Waals surface area (Å²) in [6.07, 6.45) is 0. The number of aliphatic hydroxyl groups is 1. The number of aryl methyl sites for hydroxylation is 1. The fourth-order valence-electron chi connectivity index (χ4n) is 1.70. The third-order valence-corrected chi connectivity index (χ3v) is 2.60. The Kier molecular flexibility index (Phi) is 3.03. The lowest BCUT2D eigenvalue weighted by atomic mass is 10.1. The van der Waals surface area contributed by atoms with Crippen LogP contribution in [0.1, 0.15) is 19.4 Å². The molecule has 0 amide bonds. The highest BCUT2D eigenvalue weighted by molar-refractivity contribution is 5.81. The van der Waals surface area contributed by atoms with Crippen LogP contribution in [0, 0.1) is 6.92 Å². The largest absolute Gasteiger partial charge is 0.389 e. The van der Waals surface area contributed by atoms with Crippen molar-refractivity contribution < 1.29 is 5.11 Å². The fourth-order valence-corrected chi connectivity index (χ4v) is 1.70. The van der Waals surface area contributed by atoms with Crippen LogP contribution < -0.4 is 5.32 Å². The van der Waals surface area contributed by atoms with Crippen LogP contribution in [0.2, 0.25) is 0 Å². The first kappa shape index (κ1) is 11.9. The number of benzene rings is 1. The topological polar surface area (TPSA) is 45.2 Å². The number of nitrogens with zero attached hydrogens (tertiary/aromatic N) is 1. The van der Waals surface area contributed by atoms with E-state index in [1.165, 1.54) is 0 Å². The lowest BCUT2D eigenvalue weighted by Crippen LogP contribution is -2.29. The first-order chi connectivity index (χ1) is 7.96. The summed E-state index contributed by atoms with van der Waals surface area (Å²) in [6, 6.07) is 10.1. The van der Waals surface area contributed by atoms with Gasteiger partial charge in [0.15, 0.2) is 0 Å². The summed E-state index contributed by atoms with van der Waals surface area (Å²) in [7, 11) is 0. The predicted octanol–water partition coefficient (Wildman–Crippen LogP) is 2.73. The van der Waals surface area contributed by atoms with E-state index >= 15 is 0 Å². The van der Waals surface area contributed by atoms with Crippen LogP contribution in [0.25, 0.3) is 10.9 Å². The Hall–Kier alpha value is -1.61. The van der Waals surface area contributed by atoms with Gasteiger partial charge in [0.1, 0.15) is 5.82 Å². The minimum absolute atomic E-state index is 0.485. The first-order valence-electron chi connectivity index (χ1n) is 5.78. The van der Waals surface area contributed by atoms with Gasteiger partial charge in [0.25, 0.3) is 0 Å². The molecule has 0 saturated carbocycles. The van der Waals surface area contributed by atoms with Crippen molar-refractivity contribution in [3.63, 3.8) is 0 Å². The van der Waals surface area contributed by atoms with E-state index in [2.05, 4.69) is 22.4 Å². The van der Waals surface area contributed by atoms with Crippen LogP contribution in [0.15, 0.2) is 30.3 Å². The molecule has 0 aliphatic heterocycles. The zero-order valence-corrected chi connectivity index (χ0v) is 10.5. The molecule has 0 aliphatic carbocycles. The number of pyridine rings is 1. The van der Waals surface area contributed by atoms with Gasteiger partial charge in [-0.15, -0.1) is 0 Å². The van der Waals surface area contributed by atoms with Crippen molar-refractivity contribution in [1.29, 1.82) is 0 Å². The molecule has 1 aromatic heterocycles. The molecule has 0 saturated heterocycles. The van der Waals surface area contributed by atoms with Crippen molar-refractivity contribution in [2.45, 2.75) is 26.4 Å². The number of fused-ring (bicyclic) bond motifs is 1. The average molecular weight is 230 g/mol. The summed E-state index contributed by atoms with van der Waals surface area (Å²) in [6.45, 7) is 6.05. The highest BCUT2D eigenvalue weighted by Gasteiger charge is 2.13. The van der Waals surface area contributed by atoms with Gasteiger partial charge in [-0.2, -0.15) is 0 Å². The second kappa shape index (κ2) is 4.34. The predicted molar refractivity (Wildman–Crippen MR) is 71.3 cm³/mol. The van der Waals surface area contributed by atoms with Gasteiger partial charge in [0, 0.05) is 11.9 Å². The lowest BCUT2D eigenvalue weighted by Gasteiger charge is -2.19. The molecule has 0 unspecified atom stereocenters. The third kappa shape index (κ3) is 2.94. The number of hydrogen-bond acceptors (Lipinski definition) is 3. The molecule has 2 aromatic rings. The van der Waals surface area contributed by atoms with Crippen LogP contribution in [0.4, 0.5) is 5.82 Å². The molecule has 0 aliphatic rings. The van der Waals surface area contributed by atoms with Gasteiger partial charge in [-0.25, -0.2) is 4.98 Å². The number of rotatable bonds is 3. The Balaban J connectivity index is 2.31. The lowest BCUT2D eigenvalue weighted by molar-refractivity contribution is 0.0944. The van der Waals surface area contributed by atoms with Crippen LogP contribution in [0.3, 0.4) is 0 Å². The quantitative estimate of drug-likeness (QED) is 0.852. The third-order valence-electron chi connectivity index (χ3n) is 2.60. The van der Waals surface area contributed by atoms with Crippen LogP contribution in [-0.4, -0.2) is 22.2 Å². The van der Waals surface area contributed by atoms with E-state index in [-0.39, 0.29) is 0 Å². The van der Waals surface area contributed by atoms with Crippen molar-refractivity contribution in [2.24, 2.45) is 0 Å². The maximum Gasteiger partial charge on any atom is 0.129 e. The van der Waals surface area contributed by atoms with Gasteiger partial charge in [-0.05, 0) is 38.5 Å². The molecule has 3 heteroatoms. The van der Waals surface area contributed by atoms with Gasteiger partial charge in [0.2, 0.25) is 0 Å². The number of aromatic nitrogens is 1. The monoisotopic (exact) mass is 230 g/mol. The van der Waals surface area contributed by atoms with Crippen molar-refractivity contribution >= 4 is 16.7 Å². The maximum absolute atomic E-state index is 9.69. The molecular weight excluding hydrogens is 212 g/mol. The molecule has 0 atom stereocenters. The standard InChI is InChI=1S/C14H18N2O/c1-10-8-11-6-4-5-7-12(11)16-13(10)15-9-14(2,3)17/h4-8,17H,9H2,1-3H3,(H,15,16). The summed E-state index contributed by atoms with van der Waals surface area (Å²) < 4.78 is 0. The summed E-state index contributed by atoms with van der Waals surface area (Å²) in [5.74, 6) is 0.839. The van der Waals surface area contributed by atoms with Crippen molar-refractivity contribution in [3.8, 4) is 0 Å². The number of anilines is 1. The van der Waals surface area contributed by atoms with E-state index in [0.717, 1.165) is 22.3 Å². The Morgan fingerprint density at radius 3 is 2.71 bits per heavy atom. The van der Waals surface area contributed by atoms with Crippen molar-refractivity contribution in [3.05, 3.63) is 35.9 Å². The molecule has 0 spiro atoms. The van der Waals surface area contributed by atoms with E-state index in [1.807, 2.05) is 25.1 Å². The Labute approximate surface area is 102 Å². The van der Waals surface area contributed by atoms with Crippen LogP contribution >= 0.6 is 0 Å². The zero-order valence-electron chi connectivity index (χ0n) is 10.5. The molecule has 90 valence electrons. The van der Waals surface area contributed by atoms with Crippen LogP contribution in [0.5, 0.6) is 0 Å². The molecule has 1 aromatic carbocycles. The van der Waals surface area contributed by atoms with Crippen LogP contribution in [-0.2, 0) is 0 Å². The van der Waals surface area contributed by atoms with Gasteiger partial charge in [-0.3, -0.25) is 0 Å². The summed E-state index contributed by atoms with van der Waals surface area (Å²) >= 11 is 0. The van der Waals surface area contributed by atoms with E-state index in [4.69, 9.17) is 0 Å². The molecular formula is C14H18N2O. The Bertz CT molecular complexity index is 529. The SMILES string of the molecule is Cc1cc2ccccc2nc1NCC(C)(C)O. The van der Waals surface area contributed by atoms with Crippen molar-refractivity contribution in [1.82, 2.24) is 4.98 Å². The van der Waals surface area contributed by atoms with E-state index in [0.29, 0.717) is 6.54 Å². The summed E-state index contributed by atoms with van der Waals surface area (Å²) in [4.78, 5) is 4.56. The van der Waals surface area contributed by atoms with E-state index in [9.17, 15) is 5.11 Å². The molecule has 17 heavy (non-hydrogen) atoms. The number of hydrogen-bond donors (Lipinski definition) is 2.